The number of nitrogens with zero attached hydrogens (tertiary/aromatic N) is 3. The zero-order valence-electron chi connectivity index (χ0n) is 17.6. The molecule has 0 unspecified atom stereocenters. The van der Waals surface area contributed by atoms with E-state index in [-0.39, 0.29) is 17.8 Å². The number of halogens is 1. The summed E-state index contributed by atoms with van der Waals surface area (Å²) in [6.07, 6.45) is 4.07. The zero-order chi connectivity index (χ0) is 21.1. The van der Waals surface area contributed by atoms with E-state index in [1.807, 2.05) is 24.3 Å². The van der Waals surface area contributed by atoms with Crippen molar-refractivity contribution in [2.45, 2.75) is 44.7 Å². The molecule has 2 aromatic rings. The maximum absolute atomic E-state index is 13.4. The van der Waals surface area contributed by atoms with Crippen LogP contribution in [0.4, 0.5) is 4.39 Å². The van der Waals surface area contributed by atoms with Gasteiger partial charge in [0.2, 0.25) is 0 Å². The summed E-state index contributed by atoms with van der Waals surface area (Å²) >= 11 is 0. The Labute approximate surface area is 177 Å². The molecule has 30 heavy (non-hydrogen) atoms. The van der Waals surface area contributed by atoms with Gasteiger partial charge in [0.25, 0.3) is 5.91 Å². The lowest BCUT2D eigenvalue weighted by atomic mass is 9.98. The van der Waals surface area contributed by atoms with Crippen molar-refractivity contribution in [2.75, 3.05) is 20.2 Å². The first kappa shape index (κ1) is 20.5. The second kappa shape index (κ2) is 8.96. The minimum Gasteiger partial charge on any atom is -0.497 e. The van der Waals surface area contributed by atoms with Crippen molar-refractivity contribution in [3.63, 3.8) is 0 Å². The average Bonchev–Trinajstić information content (AvgIpc) is 3.21. The van der Waals surface area contributed by atoms with Gasteiger partial charge >= 0.3 is 0 Å². The van der Waals surface area contributed by atoms with Crippen LogP contribution in [0.1, 0.15) is 49.8 Å². The van der Waals surface area contributed by atoms with E-state index in [9.17, 15) is 9.18 Å². The summed E-state index contributed by atoms with van der Waals surface area (Å²) in [4.78, 5) is 15.5. The zero-order valence-corrected chi connectivity index (χ0v) is 17.6. The maximum atomic E-state index is 13.4. The van der Waals surface area contributed by atoms with E-state index in [0.29, 0.717) is 19.0 Å². The third-order valence-corrected chi connectivity index (χ3v) is 6.12. The summed E-state index contributed by atoms with van der Waals surface area (Å²) in [6.45, 7) is 3.50. The molecule has 4 rings (SSSR count). The third-order valence-electron chi connectivity index (χ3n) is 6.12. The highest BCUT2D eigenvalue weighted by atomic mass is 19.1. The fourth-order valence-corrected chi connectivity index (χ4v) is 4.28. The van der Waals surface area contributed by atoms with Gasteiger partial charge in [0.1, 0.15) is 11.6 Å². The van der Waals surface area contributed by atoms with E-state index >= 15 is 0 Å². The summed E-state index contributed by atoms with van der Waals surface area (Å²) in [7, 11) is 1.63. The second-order valence-corrected chi connectivity index (χ2v) is 8.10. The van der Waals surface area contributed by atoms with Gasteiger partial charge in [-0.25, -0.2) is 9.40 Å². The normalized spacial score (nSPS) is 22.1. The smallest absolute Gasteiger partial charge is 0.257 e. The lowest BCUT2D eigenvalue weighted by molar-refractivity contribution is -0.135. The Morgan fingerprint density at radius 3 is 2.53 bits per heavy atom. The molecular weight excluding hydrogens is 381 g/mol. The van der Waals surface area contributed by atoms with Crippen LogP contribution in [0.5, 0.6) is 5.75 Å². The number of methoxy groups -OCH3 is 1. The van der Waals surface area contributed by atoms with E-state index in [0.717, 1.165) is 42.0 Å². The number of hydrazone groups is 1. The largest absolute Gasteiger partial charge is 0.497 e. The van der Waals surface area contributed by atoms with Crippen molar-refractivity contribution in [3.8, 4) is 5.75 Å². The molecule has 0 radical (unpaired) electrons. The summed E-state index contributed by atoms with van der Waals surface area (Å²) in [5, 5.41) is 6.33. The van der Waals surface area contributed by atoms with Gasteiger partial charge in [0, 0.05) is 12.5 Å². The first-order chi connectivity index (χ1) is 14.5. The van der Waals surface area contributed by atoms with E-state index < -0.39 is 0 Å². The molecule has 0 saturated carbocycles. The Hall–Kier alpha value is -2.73. The number of hydrogen-bond donors (Lipinski definition) is 0. The van der Waals surface area contributed by atoms with Crippen molar-refractivity contribution >= 4 is 11.6 Å². The van der Waals surface area contributed by atoms with Crippen molar-refractivity contribution in [2.24, 2.45) is 5.10 Å². The van der Waals surface area contributed by atoms with Gasteiger partial charge in [-0.2, -0.15) is 5.10 Å². The molecule has 0 spiro atoms. The Morgan fingerprint density at radius 1 is 1.13 bits per heavy atom. The fraction of sp³-hybridized carbons (Fsp3) is 0.417. The standard InChI is InChI=1S/C24H28FN3O2/c1-17-5-3-4-14-27(17)16-24(29)28-23(19-8-12-21(30-2)13-9-19)15-22(26-28)18-6-10-20(25)11-7-18/h6-13,17,23H,3-5,14-16H2,1-2H3/t17-,23-/m0/s1. The minimum atomic E-state index is -0.281. The molecule has 1 saturated heterocycles. The molecule has 1 fully saturated rings. The summed E-state index contributed by atoms with van der Waals surface area (Å²) < 4.78 is 18.6. The van der Waals surface area contributed by atoms with E-state index in [1.54, 1.807) is 24.3 Å². The van der Waals surface area contributed by atoms with Gasteiger partial charge < -0.3 is 4.74 Å². The highest BCUT2D eigenvalue weighted by Gasteiger charge is 2.34. The van der Waals surface area contributed by atoms with Gasteiger partial charge in [0.15, 0.2) is 0 Å². The Balaban J connectivity index is 1.60. The summed E-state index contributed by atoms with van der Waals surface area (Å²) in [5.74, 6) is 0.495. The topological polar surface area (TPSA) is 45.1 Å². The van der Waals surface area contributed by atoms with Gasteiger partial charge in [-0.3, -0.25) is 9.69 Å². The lowest BCUT2D eigenvalue weighted by Crippen LogP contribution is -2.44. The summed E-state index contributed by atoms with van der Waals surface area (Å²) in [6, 6.07) is 14.3. The van der Waals surface area contributed by atoms with Crippen LogP contribution in [0.2, 0.25) is 0 Å². The van der Waals surface area contributed by atoms with Gasteiger partial charge in [-0.15, -0.1) is 0 Å². The molecule has 0 aromatic heterocycles. The van der Waals surface area contributed by atoms with E-state index in [2.05, 4.69) is 11.8 Å². The first-order valence-electron chi connectivity index (χ1n) is 10.6. The number of hydrogen-bond acceptors (Lipinski definition) is 4. The molecule has 0 aliphatic carbocycles. The van der Waals surface area contributed by atoms with Crippen LogP contribution < -0.4 is 4.74 Å². The lowest BCUT2D eigenvalue weighted by Gasteiger charge is -2.34. The highest BCUT2D eigenvalue weighted by molar-refractivity contribution is 6.03. The molecule has 2 atom stereocenters. The predicted octanol–water partition coefficient (Wildman–Crippen LogP) is 4.39. The number of amides is 1. The van der Waals surface area contributed by atoms with Crippen molar-refractivity contribution in [1.82, 2.24) is 9.91 Å². The molecule has 2 heterocycles. The average molecular weight is 410 g/mol. The molecular formula is C24H28FN3O2. The third kappa shape index (κ3) is 4.38. The van der Waals surface area contributed by atoms with Crippen LogP contribution in [0.3, 0.4) is 0 Å². The van der Waals surface area contributed by atoms with Crippen LogP contribution in [0.15, 0.2) is 53.6 Å². The number of carbonyl (C=O) groups excluding carboxylic acids is 1. The SMILES string of the molecule is COc1ccc([C@@H]2CC(c3ccc(F)cc3)=NN2C(=O)CN2CCCC[C@@H]2C)cc1. The maximum Gasteiger partial charge on any atom is 0.257 e. The van der Waals surface area contributed by atoms with Gasteiger partial charge in [-0.05, 0) is 61.7 Å². The number of benzene rings is 2. The summed E-state index contributed by atoms with van der Waals surface area (Å²) in [5.41, 5.74) is 2.66. The number of rotatable bonds is 5. The minimum absolute atomic E-state index is 0.00156. The molecule has 2 aliphatic rings. The van der Waals surface area contributed by atoms with Gasteiger partial charge in [-0.1, -0.05) is 30.7 Å². The monoisotopic (exact) mass is 409 g/mol. The predicted molar refractivity (Wildman–Crippen MR) is 115 cm³/mol. The van der Waals surface area contributed by atoms with Crippen LogP contribution in [0, 0.1) is 5.82 Å². The molecule has 0 N–H and O–H groups in total. The van der Waals surface area contributed by atoms with E-state index in [4.69, 9.17) is 9.84 Å². The van der Waals surface area contributed by atoms with Crippen LogP contribution in [0.25, 0.3) is 0 Å². The second-order valence-electron chi connectivity index (χ2n) is 8.10. The Bertz CT molecular complexity index is 911. The van der Waals surface area contributed by atoms with Crippen LogP contribution in [-0.4, -0.2) is 47.8 Å². The van der Waals surface area contributed by atoms with Crippen LogP contribution in [-0.2, 0) is 4.79 Å². The molecule has 2 aromatic carbocycles. The highest BCUT2D eigenvalue weighted by Crippen LogP contribution is 2.34. The van der Waals surface area contributed by atoms with E-state index in [1.165, 1.54) is 18.6 Å². The first-order valence-corrected chi connectivity index (χ1v) is 10.6. The van der Waals surface area contributed by atoms with Crippen LogP contribution >= 0.6 is 0 Å². The molecule has 158 valence electrons. The van der Waals surface area contributed by atoms with Crippen molar-refractivity contribution in [3.05, 3.63) is 65.5 Å². The number of ether oxygens (including phenoxy) is 1. The number of carbonyl (C=O) groups is 1. The molecule has 6 heteroatoms. The van der Waals surface area contributed by atoms with Crippen molar-refractivity contribution < 1.29 is 13.9 Å². The Kier molecular flexibility index (Phi) is 6.13. The number of piperidine rings is 1. The number of likely N-dealkylation sites (tertiary alicyclic amines) is 1. The Morgan fingerprint density at radius 2 is 1.87 bits per heavy atom. The molecule has 5 nitrogen and oxygen atoms in total. The fourth-order valence-electron chi connectivity index (χ4n) is 4.28. The quantitative estimate of drug-likeness (QED) is 0.736. The molecule has 0 bridgehead atoms. The molecule has 1 amide bonds. The van der Waals surface area contributed by atoms with Crippen molar-refractivity contribution in [1.29, 1.82) is 0 Å². The van der Waals surface area contributed by atoms with Gasteiger partial charge in [0.05, 0.1) is 25.4 Å². The molecule has 2 aliphatic heterocycles.